The molecule has 0 aromatic heterocycles. The average Bonchev–Trinajstić information content (AvgIpc) is 2.48. The molecule has 0 aliphatic heterocycles. The van der Waals surface area contributed by atoms with Crippen molar-refractivity contribution in [1.29, 1.82) is 0 Å². The van der Waals surface area contributed by atoms with E-state index in [1.807, 2.05) is 0 Å². The molecule has 1 unspecified atom stereocenters. The van der Waals surface area contributed by atoms with Crippen molar-refractivity contribution in [3.05, 3.63) is 12.7 Å². The van der Waals surface area contributed by atoms with Gasteiger partial charge < -0.3 is 9.80 Å². The highest BCUT2D eigenvalue weighted by Gasteiger charge is 2.32. The molecule has 6 nitrogen and oxygen atoms in total. The van der Waals surface area contributed by atoms with E-state index in [9.17, 15) is 13.2 Å². The van der Waals surface area contributed by atoms with Crippen LogP contribution in [0.1, 0.15) is 46.5 Å². The van der Waals surface area contributed by atoms with Gasteiger partial charge in [0.1, 0.15) is 0 Å². The predicted molar refractivity (Wildman–Crippen MR) is 93.8 cm³/mol. The van der Waals surface area contributed by atoms with Crippen molar-refractivity contribution < 1.29 is 22.2 Å². The lowest BCUT2D eigenvalue weighted by molar-refractivity contribution is -0.949. The standard InChI is InChI=1S/C16H32N2O4S/c1-5-11-18(12-6-2,13-8-10-17-16(19)7-3)15(4)9-14-23(20,21)22/h7,15H,3,5-6,8-14H2,1-2,4H3,(H-,17,19,20,21,22)/p+1. The molecule has 0 aliphatic rings. The molecule has 0 bridgehead atoms. The Morgan fingerprint density at radius 1 is 1.26 bits per heavy atom. The Morgan fingerprint density at radius 2 is 1.83 bits per heavy atom. The lowest BCUT2D eigenvalue weighted by Gasteiger charge is -2.44. The van der Waals surface area contributed by atoms with E-state index in [1.165, 1.54) is 6.08 Å². The average molecular weight is 350 g/mol. The highest BCUT2D eigenvalue weighted by molar-refractivity contribution is 7.85. The van der Waals surface area contributed by atoms with Crippen LogP contribution in [0.15, 0.2) is 12.7 Å². The van der Waals surface area contributed by atoms with Crippen molar-refractivity contribution in [2.45, 2.75) is 52.5 Å². The lowest BCUT2D eigenvalue weighted by atomic mass is 10.1. The summed E-state index contributed by atoms with van der Waals surface area (Å²) in [7, 11) is -3.93. The van der Waals surface area contributed by atoms with Gasteiger partial charge in [0, 0.05) is 19.4 Å². The number of rotatable bonds is 13. The van der Waals surface area contributed by atoms with Crippen LogP contribution in [0.4, 0.5) is 0 Å². The third-order valence-electron chi connectivity index (χ3n) is 4.33. The van der Waals surface area contributed by atoms with Gasteiger partial charge in [-0.15, -0.1) is 0 Å². The SMILES string of the molecule is C=CC(=O)NCCC[N+](CCC)(CCC)C(C)CCS(=O)(=O)O. The molecular weight excluding hydrogens is 316 g/mol. The van der Waals surface area contributed by atoms with Crippen LogP contribution in [0.25, 0.3) is 0 Å². The lowest BCUT2D eigenvalue weighted by Crippen LogP contribution is -2.56. The largest absolute Gasteiger partial charge is 0.352 e. The van der Waals surface area contributed by atoms with Gasteiger partial charge in [-0.2, -0.15) is 8.42 Å². The van der Waals surface area contributed by atoms with Crippen molar-refractivity contribution in [2.24, 2.45) is 0 Å². The van der Waals surface area contributed by atoms with Gasteiger partial charge in [-0.25, -0.2) is 0 Å². The maximum absolute atomic E-state index is 11.2. The van der Waals surface area contributed by atoms with Gasteiger partial charge in [0.25, 0.3) is 10.1 Å². The van der Waals surface area contributed by atoms with Gasteiger partial charge in [-0.1, -0.05) is 20.4 Å². The van der Waals surface area contributed by atoms with E-state index in [0.29, 0.717) is 13.0 Å². The summed E-state index contributed by atoms with van der Waals surface area (Å²) in [5.41, 5.74) is 0. The number of carbonyl (C=O) groups is 1. The van der Waals surface area contributed by atoms with E-state index in [-0.39, 0.29) is 17.7 Å². The first-order valence-electron chi connectivity index (χ1n) is 8.42. The van der Waals surface area contributed by atoms with Gasteiger partial charge >= 0.3 is 0 Å². The third-order valence-corrected chi connectivity index (χ3v) is 5.08. The minimum atomic E-state index is -3.93. The highest BCUT2D eigenvalue weighted by atomic mass is 32.2. The molecule has 0 spiro atoms. The number of hydrogen-bond acceptors (Lipinski definition) is 3. The minimum absolute atomic E-state index is 0.145. The Morgan fingerprint density at radius 3 is 2.26 bits per heavy atom. The Labute approximate surface area is 141 Å². The Bertz CT molecular complexity index is 457. The quantitative estimate of drug-likeness (QED) is 0.230. The van der Waals surface area contributed by atoms with Crippen LogP contribution in [-0.4, -0.2) is 61.3 Å². The van der Waals surface area contributed by atoms with Crippen LogP contribution in [0.3, 0.4) is 0 Å². The van der Waals surface area contributed by atoms with Gasteiger partial charge in [0.15, 0.2) is 0 Å². The van der Waals surface area contributed by atoms with E-state index in [0.717, 1.165) is 43.4 Å². The van der Waals surface area contributed by atoms with Crippen LogP contribution in [0.5, 0.6) is 0 Å². The third kappa shape index (κ3) is 9.07. The van der Waals surface area contributed by atoms with Crippen LogP contribution < -0.4 is 5.32 Å². The molecule has 0 saturated heterocycles. The molecule has 0 heterocycles. The summed E-state index contributed by atoms with van der Waals surface area (Å²) in [5, 5.41) is 2.78. The second kappa shape index (κ2) is 10.8. The Balaban J connectivity index is 4.84. The number of hydrogen-bond donors (Lipinski definition) is 2. The zero-order valence-electron chi connectivity index (χ0n) is 14.8. The fourth-order valence-electron chi connectivity index (χ4n) is 3.16. The number of nitrogens with zero attached hydrogens (tertiary/aromatic N) is 1. The van der Waals surface area contributed by atoms with Crippen molar-refractivity contribution in [3.63, 3.8) is 0 Å². The summed E-state index contributed by atoms with van der Waals surface area (Å²) in [4.78, 5) is 11.2. The van der Waals surface area contributed by atoms with E-state index in [4.69, 9.17) is 4.55 Å². The summed E-state index contributed by atoms with van der Waals surface area (Å²) in [5.74, 6) is -0.372. The molecule has 0 aromatic carbocycles. The first-order chi connectivity index (χ1) is 10.7. The summed E-state index contributed by atoms with van der Waals surface area (Å²) >= 11 is 0. The molecule has 0 aliphatic carbocycles. The first kappa shape index (κ1) is 22.1. The predicted octanol–water partition coefficient (Wildman–Crippen LogP) is 1.98. The fraction of sp³-hybridized carbons (Fsp3) is 0.812. The van der Waals surface area contributed by atoms with E-state index in [1.54, 1.807) is 0 Å². The molecule has 0 aromatic rings. The normalized spacial score (nSPS) is 13.6. The zero-order chi connectivity index (χ0) is 17.9. The van der Waals surface area contributed by atoms with Crippen molar-refractivity contribution in [3.8, 4) is 0 Å². The van der Waals surface area contributed by atoms with Gasteiger partial charge in [-0.05, 0) is 25.8 Å². The molecule has 1 atom stereocenters. The monoisotopic (exact) mass is 349 g/mol. The molecule has 0 saturated carbocycles. The minimum Gasteiger partial charge on any atom is -0.352 e. The van der Waals surface area contributed by atoms with E-state index in [2.05, 4.69) is 32.7 Å². The fourth-order valence-corrected chi connectivity index (χ4v) is 3.80. The summed E-state index contributed by atoms with van der Waals surface area (Å²) in [6, 6.07) is 0.145. The van der Waals surface area contributed by atoms with Gasteiger partial charge in [-0.3, -0.25) is 9.35 Å². The number of quaternary nitrogens is 1. The topological polar surface area (TPSA) is 83.5 Å². The second-order valence-electron chi connectivity index (χ2n) is 6.16. The molecule has 1 amide bonds. The number of carbonyl (C=O) groups excluding carboxylic acids is 1. The van der Waals surface area contributed by atoms with Crippen molar-refractivity contribution in [1.82, 2.24) is 5.32 Å². The summed E-state index contributed by atoms with van der Waals surface area (Å²) in [6.45, 7) is 13.1. The van der Waals surface area contributed by atoms with Crippen LogP contribution >= 0.6 is 0 Å². The Hall–Kier alpha value is -0.920. The molecule has 0 rings (SSSR count). The Kier molecular flexibility index (Phi) is 10.3. The molecule has 2 N–H and O–H groups in total. The summed E-state index contributed by atoms with van der Waals surface area (Å²) < 4.78 is 31.9. The second-order valence-corrected chi connectivity index (χ2v) is 7.73. The molecule has 23 heavy (non-hydrogen) atoms. The van der Waals surface area contributed by atoms with Crippen LogP contribution in [0, 0.1) is 0 Å². The molecule has 7 heteroatoms. The maximum atomic E-state index is 11.2. The maximum Gasteiger partial charge on any atom is 0.265 e. The molecule has 0 fully saturated rings. The molecule has 0 radical (unpaired) electrons. The van der Waals surface area contributed by atoms with Crippen molar-refractivity contribution >= 4 is 16.0 Å². The number of amides is 1. The van der Waals surface area contributed by atoms with E-state index >= 15 is 0 Å². The smallest absolute Gasteiger partial charge is 0.265 e. The highest BCUT2D eigenvalue weighted by Crippen LogP contribution is 2.20. The van der Waals surface area contributed by atoms with E-state index < -0.39 is 10.1 Å². The summed E-state index contributed by atoms with van der Waals surface area (Å²) in [6.07, 6.45) is 4.55. The van der Waals surface area contributed by atoms with Gasteiger partial charge in [0.2, 0.25) is 5.91 Å². The van der Waals surface area contributed by atoms with Crippen LogP contribution in [0.2, 0.25) is 0 Å². The number of nitrogens with one attached hydrogen (secondary N) is 1. The van der Waals surface area contributed by atoms with Crippen molar-refractivity contribution in [2.75, 3.05) is 31.9 Å². The van der Waals surface area contributed by atoms with Crippen LogP contribution in [-0.2, 0) is 14.9 Å². The molecule has 136 valence electrons. The first-order valence-corrected chi connectivity index (χ1v) is 10.0. The zero-order valence-corrected chi connectivity index (χ0v) is 15.6. The van der Waals surface area contributed by atoms with Gasteiger partial charge in [0.05, 0.1) is 31.4 Å². The molecular formula is C16H33N2O4S+.